The Bertz CT molecular complexity index is 898. The Morgan fingerprint density at radius 1 is 0.786 bits per heavy atom. The summed E-state index contributed by atoms with van der Waals surface area (Å²) in [5.74, 6) is 0.277. The van der Waals surface area contributed by atoms with E-state index in [1.165, 1.54) is 0 Å². The Hall–Kier alpha value is -2.91. The number of carbonyl (C=O) groups excluding carboxylic acids is 1. The average Bonchev–Trinajstić information content (AvgIpc) is 2.79. The Kier molecular flexibility index (Phi) is 5.54. The van der Waals surface area contributed by atoms with Gasteiger partial charge in [0.15, 0.2) is 0 Å². The van der Waals surface area contributed by atoms with Crippen LogP contribution < -0.4 is 0 Å². The number of rotatable bonds is 4. The molecule has 3 aromatic rings. The molecule has 1 amide bonds. The third kappa shape index (κ3) is 4.00. The van der Waals surface area contributed by atoms with E-state index in [-0.39, 0.29) is 11.8 Å². The van der Waals surface area contributed by atoms with Gasteiger partial charge in [-0.3, -0.25) is 4.79 Å². The minimum absolute atomic E-state index is 0.0762. The standard InChI is InChI=1S/C25H25NO2/c27-24(21-9-5-2-6-10-21)22-15-17-26(18-16-22)25(28)23-13-11-20(12-14-23)19-7-3-1-4-8-19/h1-14,22,24,27H,15-18H2/t24-/m1/s1. The molecule has 0 radical (unpaired) electrons. The SMILES string of the molecule is O=C(c1ccc(-c2ccccc2)cc1)N1CCC([C@H](O)c2ccccc2)CC1. The third-order valence-corrected chi connectivity index (χ3v) is 5.65. The molecule has 1 atom stereocenters. The highest BCUT2D eigenvalue weighted by molar-refractivity contribution is 5.94. The topological polar surface area (TPSA) is 40.5 Å². The quantitative estimate of drug-likeness (QED) is 0.706. The van der Waals surface area contributed by atoms with Crippen LogP contribution in [0.3, 0.4) is 0 Å². The number of aliphatic hydroxyl groups excluding tert-OH is 1. The van der Waals surface area contributed by atoms with E-state index in [1.807, 2.05) is 77.7 Å². The maximum absolute atomic E-state index is 12.9. The van der Waals surface area contributed by atoms with Gasteiger partial charge in [0, 0.05) is 18.7 Å². The summed E-state index contributed by atoms with van der Waals surface area (Å²) >= 11 is 0. The van der Waals surface area contributed by atoms with Crippen LogP contribution in [-0.4, -0.2) is 29.0 Å². The molecule has 0 bridgehead atoms. The third-order valence-electron chi connectivity index (χ3n) is 5.65. The lowest BCUT2D eigenvalue weighted by atomic mass is 9.87. The highest BCUT2D eigenvalue weighted by Gasteiger charge is 2.28. The number of likely N-dealkylation sites (tertiary alicyclic amines) is 1. The number of nitrogens with zero attached hydrogens (tertiary/aromatic N) is 1. The Morgan fingerprint density at radius 2 is 1.32 bits per heavy atom. The van der Waals surface area contributed by atoms with Crippen molar-refractivity contribution < 1.29 is 9.90 Å². The molecule has 1 aliphatic rings. The molecule has 1 aliphatic heterocycles. The first kappa shape index (κ1) is 18.5. The number of amides is 1. The molecule has 0 saturated carbocycles. The summed E-state index contributed by atoms with van der Waals surface area (Å²) in [5.41, 5.74) is 3.95. The predicted octanol–water partition coefficient (Wildman–Crippen LogP) is 4.94. The van der Waals surface area contributed by atoms with Gasteiger partial charge < -0.3 is 10.0 Å². The fourth-order valence-corrected chi connectivity index (χ4v) is 3.96. The molecule has 1 heterocycles. The lowest BCUT2D eigenvalue weighted by Gasteiger charge is -2.34. The average molecular weight is 371 g/mol. The summed E-state index contributed by atoms with van der Waals surface area (Å²) in [5, 5.41) is 10.6. The van der Waals surface area contributed by atoms with Gasteiger partial charge in [0.25, 0.3) is 5.91 Å². The highest BCUT2D eigenvalue weighted by atomic mass is 16.3. The largest absolute Gasteiger partial charge is 0.388 e. The highest BCUT2D eigenvalue weighted by Crippen LogP contribution is 2.31. The van der Waals surface area contributed by atoms with Crippen LogP contribution in [0.1, 0.15) is 34.9 Å². The second-order valence-corrected chi connectivity index (χ2v) is 7.43. The number of carbonyl (C=O) groups is 1. The molecule has 142 valence electrons. The van der Waals surface area contributed by atoms with Crippen LogP contribution >= 0.6 is 0 Å². The predicted molar refractivity (Wildman–Crippen MR) is 112 cm³/mol. The number of hydrogen-bond acceptors (Lipinski definition) is 2. The monoisotopic (exact) mass is 371 g/mol. The van der Waals surface area contributed by atoms with E-state index in [9.17, 15) is 9.90 Å². The van der Waals surface area contributed by atoms with Crippen LogP contribution in [0, 0.1) is 5.92 Å². The minimum Gasteiger partial charge on any atom is -0.388 e. The van der Waals surface area contributed by atoms with E-state index in [2.05, 4.69) is 12.1 Å². The Labute approximate surface area is 166 Å². The molecule has 4 rings (SSSR count). The van der Waals surface area contributed by atoms with Crippen molar-refractivity contribution in [3.63, 3.8) is 0 Å². The number of piperidine rings is 1. The van der Waals surface area contributed by atoms with Crippen molar-refractivity contribution in [2.45, 2.75) is 18.9 Å². The maximum Gasteiger partial charge on any atom is 0.253 e. The summed E-state index contributed by atoms with van der Waals surface area (Å²) < 4.78 is 0. The van der Waals surface area contributed by atoms with Crippen LogP contribution in [0.15, 0.2) is 84.9 Å². The zero-order valence-electron chi connectivity index (χ0n) is 15.9. The second-order valence-electron chi connectivity index (χ2n) is 7.43. The fraction of sp³-hybridized carbons (Fsp3) is 0.240. The van der Waals surface area contributed by atoms with Gasteiger partial charge in [-0.25, -0.2) is 0 Å². The molecule has 0 aliphatic carbocycles. The van der Waals surface area contributed by atoms with E-state index < -0.39 is 6.10 Å². The summed E-state index contributed by atoms with van der Waals surface area (Å²) in [6.45, 7) is 1.38. The van der Waals surface area contributed by atoms with Crippen molar-refractivity contribution in [2.24, 2.45) is 5.92 Å². The van der Waals surface area contributed by atoms with Crippen molar-refractivity contribution in [2.75, 3.05) is 13.1 Å². The minimum atomic E-state index is -0.455. The summed E-state index contributed by atoms with van der Waals surface area (Å²) in [6.07, 6.45) is 1.19. The lowest BCUT2D eigenvalue weighted by molar-refractivity contribution is 0.0462. The molecule has 0 unspecified atom stereocenters. The summed E-state index contributed by atoms with van der Waals surface area (Å²) in [7, 11) is 0. The molecule has 1 saturated heterocycles. The van der Waals surface area contributed by atoms with Crippen molar-refractivity contribution in [3.05, 3.63) is 96.1 Å². The van der Waals surface area contributed by atoms with Crippen LogP contribution in [0.2, 0.25) is 0 Å². The van der Waals surface area contributed by atoms with Crippen LogP contribution in [0.4, 0.5) is 0 Å². The first-order valence-electron chi connectivity index (χ1n) is 9.90. The molecule has 3 heteroatoms. The van der Waals surface area contributed by atoms with E-state index in [0.29, 0.717) is 13.1 Å². The van der Waals surface area contributed by atoms with Gasteiger partial charge in [-0.15, -0.1) is 0 Å². The summed E-state index contributed by atoms with van der Waals surface area (Å²) in [6, 6.07) is 27.8. The van der Waals surface area contributed by atoms with E-state index in [0.717, 1.165) is 35.1 Å². The van der Waals surface area contributed by atoms with Crippen LogP contribution in [0.25, 0.3) is 11.1 Å². The second kappa shape index (κ2) is 8.41. The first-order chi connectivity index (χ1) is 13.7. The van der Waals surface area contributed by atoms with Gasteiger partial charge in [0.05, 0.1) is 6.10 Å². The van der Waals surface area contributed by atoms with Crippen molar-refractivity contribution >= 4 is 5.91 Å². The van der Waals surface area contributed by atoms with Crippen LogP contribution in [-0.2, 0) is 0 Å². The van der Waals surface area contributed by atoms with E-state index in [1.54, 1.807) is 0 Å². The zero-order chi connectivity index (χ0) is 19.3. The van der Waals surface area contributed by atoms with Crippen molar-refractivity contribution in [3.8, 4) is 11.1 Å². The van der Waals surface area contributed by atoms with Gasteiger partial charge in [-0.1, -0.05) is 72.8 Å². The number of benzene rings is 3. The van der Waals surface area contributed by atoms with Gasteiger partial charge in [-0.2, -0.15) is 0 Å². The molecular formula is C25H25NO2. The van der Waals surface area contributed by atoms with E-state index >= 15 is 0 Å². The molecule has 1 fully saturated rings. The summed E-state index contributed by atoms with van der Waals surface area (Å²) in [4.78, 5) is 14.8. The molecular weight excluding hydrogens is 346 g/mol. The van der Waals surface area contributed by atoms with Gasteiger partial charge in [-0.05, 0) is 47.6 Å². The smallest absolute Gasteiger partial charge is 0.253 e. The molecule has 0 aromatic heterocycles. The molecule has 28 heavy (non-hydrogen) atoms. The maximum atomic E-state index is 12.9. The molecule has 0 spiro atoms. The lowest BCUT2D eigenvalue weighted by Crippen LogP contribution is -2.39. The Balaban J connectivity index is 1.37. The fourth-order valence-electron chi connectivity index (χ4n) is 3.96. The van der Waals surface area contributed by atoms with Crippen LogP contribution in [0.5, 0.6) is 0 Å². The Morgan fingerprint density at radius 3 is 1.93 bits per heavy atom. The van der Waals surface area contributed by atoms with Crippen molar-refractivity contribution in [1.29, 1.82) is 0 Å². The normalized spacial score (nSPS) is 16.0. The molecule has 3 nitrogen and oxygen atoms in total. The number of hydrogen-bond donors (Lipinski definition) is 1. The molecule has 1 N–H and O–H groups in total. The molecule has 3 aromatic carbocycles. The van der Waals surface area contributed by atoms with Gasteiger partial charge in [0.2, 0.25) is 0 Å². The van der Waals surface area contributed by atoms with Crippen molar-refractivity contribution in [1.82, 2.24) is 4.90 Å². The van der Waals surface area contributed by atoms with Gasteiger partial charge in [0.1, 0.15) is 0 Å². The first-order valence-corrected chi connectivity index (χ1v) is 9.90. The van der Waals surface area contributed by atoms with Gasteiger partial charge >= 0.3 is 0 Å². The number of aliphatic hydroxyl groups is 1. The zero-order valence-corrected chi connectivity index (χ0v) is 15.9. The van der Waals surface area contributed by atoms with E-state index in [4.69, 9.17) is 0 Å².